The van der Waals surface area contributed by atoms with Gasteiger partial charge in [0.05, 0.1) is 5.92 Å². The van der Waals surface area contributed by atoms with Gasteiger partial charge in [-0.15, -0.1) is 0 Å². The molecule has 1 amide bonds. The van der Waals surface area contributed by atoms with E-state index in [1.807, 2.05) is 11.9 Å². The Labute approximate surface area is 117 Å². The van der Waals surface area contributed by atoms with E-state index in [4.69, 9.17) is 0 Å². The Morgan fingerprint density at radius 1 is 1.45 bits per heavy atom. The summed E-state index contributed by atoms with van der Waals surface area (Å²) in [6.07, 6.45) is 2.41. The predicted molar refractivity (Wildman–Crippen MR) is 72.9 cm³/mol. The number of nitrogens with one attached hydrogen (secondary N) is 1. The molecule has 1 aromatic rings. The number of pyridine rings is 1. The third kappa shape index (κ3) is 2.36. The fourth-order valence-electron chi connectivity index (χ4n) is 3.07. The molecule has 2 aliphatic heterocycles. The molecule has 6 nitrogen and oxygen atoms in total. The van der Waals surface area contributed by atoms with Crippen LogP contribution in [0.5, 0.6) is 0 Å². The number of hydrogen-bond acceptors (Lipinski definition) is 4. The molecule has 20 heavy (non-hydrogen) atoms. The summed E-state index contributed by atoms with van der Waals surface area (Å²) >= 11 is 0. The van der Waals surface area contributed by atoms with Gasteiger partial charge in [0.25, 0.3) is 0 Å². The van der Waals surface area contributed by atoms with E-state index >= 15 is 0 Å². The summed E-state index contributed by atoms with van der Waals surface area (Å²) in [5.74, 6) is -0.0236. The van der Waals surface area contributed by atoms with Gasteiger partial charge < -0.3 is 15.0 Å². The fraction of sp³-hybridized carbons (Fsp3) is 0.571. The lowest BCUT2D eigenvalue weighted by molar-refractivity contribution is -0.136. The Morgan fingerprint density at radius 2 is 2.25 bits per heavy atom. The molecule has 2 atom stereocenters. The van der Waals surface area contributed by atoms with Crippen molar-refractivity contribution in [2.75, 3.05) is 20.1 Å². The number of H-pyrrole nitrogens is 1. The van der Waals surface area contributed by atoms with Crippen LogP contribution in [-0.2, 0) is 17.8 Å². The van der Waals surface area contributed by atoms with Crippen LogP contribution < -0.4 is 5.56 Å². The van der Waals surface area contributed by atoms with Gasteiger partial charge in [-0.05, 0) is 31.0 Å². The first-order chi connectivity index (χ1) is 9.54. The van der Waals surface area contributed by atoms with Crippen LogP contribution in [0, 0.1) is 5.92 Å². The highest BCUT2D eigenvalue weighted by molar-refractivity contribution is 5.79. The number of likely N-dealkylation sites (tertiary alicyclic amines) is 1. The molecule has 0 bridgehead atoms. The van der Waals surface area contributed by atoms with Crippen LogP contribution >= 0.6 is 0 Å². The Morgan fingerprint density at radius 3 is 2.95 bits per heavy atom. The molecule has 2 aliphatic rings. The lowest BCUT2D eigenvalue weighted by Gasteiger charge is -2.30. The fourth-order valence-corrected chi connectivity index (χ4v) is 3.07. The SMILES string of the molecule is CN1CC(C(=O)N2CCc3cc(=O)[nH]cc3C2)CC1O. The van der Waals surface area contributed by atoms with E-state index in [1.54, 1.807) is 17.2 Å². The van der Waals surface area contributed by atoms with Gasteiger partial charge in [0.1, 0.15) is 6.23 Å². The third-order valence-corrected chi connectivity index (χ3v) is 4.29. The van der Waals surface area contributed by atoms with Crippen LogP contribution in [-0.4, -0.2) is 52.2 Å². The van der Waals surface area contributed by atoms with Crippen molar-refractivity contribution >= 4 is 5.91 Å². The van der Waals surface area contributed by atoms with Crippen LogP contribution in [0.3, 0.4) is 0 Å². The minimum Gasteiger partial charge on any atom is -0.378 e. The van der Waals surface area contributed by atoms with Crippen molar-refractivity contribution < 1.29 is 9.90 Å². The molecule has 3 heterocycles. The standard InChI is InChI=1S/C14H19N3O3/c1-16-7-10(5-13(16)19)14(20)17-3-2-9-4-12(18)15-6-11(9)8-17/h4,6,10,13,19H,2-3,5,7-8H2,1H3,(H,15,18). The molecule has 1 fully saturated rings. The molecule has 0 aliphatic carbocycles. The highest BCUT2D eigenvalue weighted by Crippen LogP contribution is 2.25. The summed E-state index contributed by atoms with van der Waals surface area (Å²) in [5.41, 5.74) is 1.95. The van der Waals surface area contributed by atoms with Gasteiger partial charge in [0.15, 0.2) is 0 Å². The summed E-state index contributed by atoms with van der Waals surface area (Å²) < 4.78 is 0. The van der Waals surface area contributed by atoms with Crippen molar-refractivity contribution in [2.45, 2.75) is 25.6 Å². The minimum atomic E-state index is -0.516. The predicted octanol–water partition coefficient (Wildman–Crippen LogP) is -0.470. The summed E-state index contributed by atoms with van der Waals surface area (Å²) in [4.78, 5) is 30.0. The summed E-state index contributed by atoms with van der Waals surface area (Å²) in [5, 5.41) is 9.72. The number of rotatable bonds is 1. The summed E-state index contributed by atoms with van der Waals surface area (Å²) in [7, 11) is 1.83. The Hall–Kier alpha value is -1.66. The number of nitrogens with zero attached hydrogens (tertiary/aromatic N) is 2. The zero-order chi connectivity index (χ0) is 14.3. The molecule has 2 unspecified atom stereocenters. The van der Waals surface area contributed by atoms with Crippen molar-refractivity contribution in [3.05, 3.63) is 33.7 Å². The van der Waals surface area contributed by atoms with Crippen molar-refractivity contribution in [3.8, 4) is 0 Å². The van der Waals surface area contributed by atoms with E-state index in [-0.39, 0.29) is 17.4 Å². The van der Waals surface area contributed by atoms with E-state index in [1.165, 1.54) is 0 Å². The average Bonchev–Trinajstić information content (AvgIpc) is 2.77. The van der Waals surface area contributed by atoms with E-state index < -0.39 is 6.23 Å². The van der Waals surface area contributed by atoms with Crippen molar-refractivity contribution in [1.82, 2.24) is 14.8 Å². The maximum Gasteiger partial charge on any atom is 0.248 e. The summed E-state index contributed by atoms with van der Waals surface area (Å²) in [6.45, 7) is 1.79. The Balaban J connectivity index is 1.72. The molecule has 0 saturated carbocycles. The molecule has 1 saturated heterocycles. The number of fused-ring (bicyclic) bond motifs is 1. The number of aliphatic hydroxyl groups excluding tert-OH is 1. The molecular formula is C14H19N3O3. The monoisotopic (exact) mass is 277 g/mol. The largest absolute Gasteiger partial charge is 0.378 e. The minimum absolute atomic E-state index is 0.0935. The van der Waals surface area contributed by atoms with E-state index in [9.17, 15) is 14.7 Å². The molecule has 0 spiro atoms. The van der Waals surface area contributed by atoms with Crippen molar-refractivity contribution in [2.24, 2.45) is 5.92 Å². The van der Waals surface area contributed by atoms with Crippen molar-refractivity contribution in [3.63, 3.8) is 0 Å². The van der Waals surface area contributed by atoms with Gasteiger partial charge in [-0.3, -0.25) is 14.5 Å². The maximum atomic E-state index is 12.5. The Kier molecular flexibility index (Phi) is 3.35. The molecule has 3 rings (SSSR count). The highest BCUT2D eigenvalue weighted by atomic mass is 16.3. The second-order valence-corrected chi connectivity index (χ2v) is 5.71. The number of aromatic amines is 1. The molecule has 1 aromatic heterocycles. The van der Waals surface area contributed by atoms with Crippen LogP contribution in [0.2, 0.25) is 0 Å². The normalized spacial score (nSPS) is 26.6. The summed E-state index contributed by atoms with van der Waals surface area (Å²) in [6, 6.07) is 1.62. The molecule has 108 valence electrons. The molecular weight excluding hydrogens is 258 g/mol. The zero-order valence-electron chi connectivity index (χ0n) is 11.5. The van der Waals surface area contributed by atoms with Gasteiger partial charge >= 0.3 is 0 Å². The average molecular weight is 277 g/mol. The lowest BCUT2D eigenvalue weighted by atomic mass is 9.99. The van der Waals surface area contributed by atoms with Gasteiger partial charge in [0.2, 0.25) is 11.5 Å². The van der Waals surface area contributed by atoms with Gasteiger partial charge in [-0.2, -0.15) is 0 Å². The first kappa shape index (κ1) is 13.3. The van der Waals surface area contributed by atoms with Gasteiger partial charge in [0, 0.05) is 31.9 Å². The van der Waals surface area contributed by atoms with Crippen LogP contribution in [0.4, 0.5) is 0 Å². The Bertz CT molecular complexity index is 573. The number of aromatic nitrogens is 1. The van der Waals surface area contributed by atoms with Gasteiger partial charge in [-0.1, -0.05) is 0 Å². The highest BCUT2D eigenvalue weighted by Gasteiger charge is 2.35. The second kappa shape index (κ2) is 5.03. The number of carbonyl (C=O) groups excluding carboxylic acids is 1. The van der Waals surface area contributed by atoms with Crippen molar-refractivity contribution in [1.29, 1.82) is 0 Å². The number of hydrogen-bond donors (Lipinski definition) is 2. The first-order valence-corrected chi connectivity index (χ1v) is 6.92. The smallest absolute Gasteiger partial charge is 0.248 e. The van der Waals surface area contributed by atoms with Crippen LogP contribution in [0.1, 0.15) is 17.5 Å². The number of amides is 1. The van der Waals surface area contributed by atoms with E-state index in [2.05, 4.69) is 4.98 Å². The first-order valence-electron chi connectivity index (χ1n) is 6.92. The van der Waals surface area contributed by atoms with Crippen LogP contribution in [0.25, 0.3) is 0 Å². The zero-order valence-corrected chi connectivity index (χ0v) is 11.5. The van der Waals surface area contributed by atoms with Crippen LogP contribution in [0.15, 0.2) is 17.1 Å². The molecule has 6 heteroatoms. The number of aliphatic hydroxyl groups is 1. The second-order valence-electron chi connectivity index (χ2n) is 5.71. The van der Waals surface area contributed by atoms with Gasteiger partial charge in [-0.25, -0.2) is 0 Å². The lowest BCUT2D eigenvalue weighted by Crippen LogP contribution is -2.40. The van der Waals surface area contributed by atoms with E-state index in [0.717, 1.165) is 17.5 Å². The molecule has 0 aromatic carbocycles. The topological polar surface area (TPSA) is 76.6 Å². The quantitative estimate of drug-likeness (QED) is 0.727. The van der Waals surface area contributed by atoms with E-state index in [0.29, 0.717) is 26.1 Å². The maximum absolute atomic E-state index is 12.5. The molecule has 0 radical (unpaired) electrons. The third-order valence-electron chi connectivity index (χ3n) is 4.29. The molecule has 2 N–H and O–H groups in total. The number of carbonyl (C=O) groups is 1.